The number of hydrogen-bond acceptors (Lipinski definition) is 6. The number of amides is 1. The van der Waals surface area contributed by atoms with E-state index in [-0.39, 0.29) is 11.5 Å². The molecule has 0 bridgehead atoms. The third-order valence-electron chi connectivity index (χ3n) is 5.10. The van der Waals surface area contributed by atoms with Gasteiger partial charge in [-0.1, -0.05) is 36.1 Å². The Kier molecular flexibility index (Phi) is 5.56. The van der Waals surface area contributed by atoms with Crippen LogP contribution in [0.15, 0.2) is 40.7 Å². The van der Waals surface area contributed by atoms with Crippen molar-refractivity contribution in [1.29, 1.82) is 0 Å². The number of thiocarbonyl (C=S) groups is 1. The van der Waals surface area contributed by atoms with Gasteiger partial charge in [-0.25, -0.2) is 4.98 Å². The number of piperidine rings is 1. The molecule has 4 heterocycles. The molecule has 0 aliphatic carbocycles. The second-order valence-corrected chi connectivity index (χ2v) is 8.89. The standard InChI is InChI=1S/C21H22N4O2S2/c1-3-9-24-20(27)16(29-21(24)28)12-15-18(23-10-5-4-6-11-23)22-17-8-7-14(2)13-25(17)19(15)26/h3,7-8,12-13H,1,4-6,9-11H2,2H3. The Labute approximate surface area is 178 Å². The highest BCUT2D eigenvalue weighted by Crippen LogP contribution is 2.33. The molecule has 150 valence electrons. The summed E-state index contributed by atoms with van der Waals surface area (Å²) in [6.45, 7) is 7.68. The minimum absolute atomic E-state index is 0.173. The van der Waals surface area contributed by atoms with Crippen LogP contribution < -0.4 is 10.5 Å². The van der Waals surface area contributed by atoms with Crippen molar-refractivity contribution in [3.8, 4) is 0 Å². The molecule has 2 aromatic heterocycles. The molecule has 2 aliphatic heterocycles. The van der Waals surface area contributed by atoms with Gasteiger partial charge in [0.25, 0.3) is 11.5 Å². The first kappa shape index (κ1) is 19.8. The Morgan fingerprint density at radius 2 is 2.00 bits per heavy atom. The largest absolute Gasteiger partial charge is 0.356 e. The minimum atomic E-state index is -0.196. The zero-order chi connectivity index (χ0) is 20.5. The van der Waals surface area contributed by atoms with Crippen molar-refractivity contribution in [2.24, 2.45) is 0 Å². The Morgan fingerprint density at radius 3 is 2.72 bits per heavy atom. The first-order valence-electron chi connectivity index (χ1n) is 9.64. The number of thioether (sulfide) groups is 1. The molecule has 4 rings (SSSR count). The van der Waals surface area contributed by atoms with Gasteiger partial charge >= 0.3 is 0 Å². The van der Waals surface area contributed by atoms with Gasteiger partial charge in [0.1, 0.15) is 15.8 Å². The number of anilines is 1. The number of pyridine rings is 1. The van der Waals surface area contributed by atoms with E-state index in [9.17, 15) is 9.59 Å². The van der Waals surface area contributed by atoms with Gasteiger partial charge in [-0.15, -0.1) is 6.58 Å². The summed E-state index contributed by atoms with van der Waals surface area (Å²) in [5, 5.41) is 0. The predicted octanol–water partition coefficient (Wildman–Crippen LogP) is 3.38. The lowest BCUT2D eigenvalue weighted by molar-refractivity contribution is -0.121. The monoisotopic (exact) mass is 426 g/mol. The van der Waals surface area contributed by atoms with E-state index in [1.54, 1.807) is 22.7 Å². The van der Waals surface area contributed by atoms with Gasteiger partial charge in [0.05, 0.1) is 10.5 Å². The van der Waals surface area contributed by atoms with Crippen molar-refractivity contribution in [1.82, 2.24) is 14.3 Å². The van der Waals surface area contributed by atoms with E-state index >= 15 is 0 Å². The Hall–Kier alpha value is -2.45. The summed E-state index contributed by atoms with van der Waals surface area (Å²) in [4.78, 5) is 35.1. The van der Waals surface area contributed by atoms with E-state index in [0.717, 1.165) is 31.5 Å². The van der Waals surface area contributed by atoms with Gasteiger partial charge in [0.15, 0.2) is 0 Å². The number of nitrogens with zero attached hydrogens (tertiary/aromatic N) is 4. The maximum atomic E-state index is 13.4. The van der Waals surface area contributed by atoms with Crippen LogP contribution in [-0.2, 0) is 4.79 Å². The number of carbonyl (C=O) groups excluding carboxylic acids is 1. The van der Waals surface area contributed by atoms with E-state index in [1.807, 2.05) is 19.1 Å². The van der Waals surface area contributed by atoms with Crippen molar-refractivity contribution >= 4 is 51.7 Å². The molecule has 0 spiro atoms. The third kappa shape index (κ3) is 3.74. The molecule has 0 unspecified atom stereocenters. The average Bonchev–Trinajstić information content (AvgIpc) is 2.99. The van der Waals surface area contributed by atoms with Crippen LogP contribution in [0.2, 0.25) is 0 Å². The van der Waals surface area contributed by atoms with Crippen molar-refractivity contribution in [3.63, 3.8) is 0 Å². The molecule has 1 amide bonds. The van der Waals surface area contributed by atoms with E-state index in [0.29, 0.717) is 32.8 Å². The van der Waals surface area contributed by atoms with Crippen LogP contribution in [0, 0.1) is 6.92 Å². The molecule has 2 aromatic rings. The molecule has 2 aliphatic rings. The van der Waals surface area contributed by atoms with Crippen LogP contribution in [0.1, 0.15) is 30.4 Å². The average molecular weight is 427 g/mol. The molecule has 2 saturated heterocycles. The fourth-order valence-corrected chi connectivity index (χ4v) is 4.89. The lowest BCUT2D eigenvalue weighted by atomic mass is 10.1. The molecule has 6 nitrogen and oxygen atoms in total. The molecular formula is C21H22N4O2S2. The summed E-state index contributed by atoms with van der Waals surface area (Å²) in [5.74, 6) is 0.450. The Morgan fingerprint density at radius 1 is 1.24 bits per heavy atom. The summed E-state index contributed by atoms with van der Waals surface area (Å²) in [7, 11) is 0. The van der Waals surface area contributed by atoms with E-state index in [1.165, 1.54) is 23.1 Å². The van der Waals surface area contributed by atoms with Crippen LogP contribution in [0.3, 0.4) is 0 Å². The molecule has 8 heteroatoms. The normalized spacial score (nSPS) is 18.9. The molecular weight excluding hydrogens is 404 g/mol. The number of rotatable bonds is 4. The fraction of sp³-hybridized carbons (Fsp3) is 0.333. The highest BCUT2D eigenvalue weighted by molar-refractivity contribution is 8.26. The van der Waals surface area contributed by atoms with Crippen molar-refractivity contribution < 1.29 is 4.79 Å². The first-order chi connectivity index (χ1) is 14.0. The summed E-state index contributed by atoms with van der Waals surface area (Å²) in [6, 6.07) is 3.80. The topological polar surface area (TPSA) is 57.9 Å². The van der Waals surface area contributed by atoms with Crippen LogP contribution in [0.4, 0.5) is 5.82 Å². The van der Waals surface area contributed by atoms with Crippen LogP contribution in [0.5, 0.6) is 0 Å². The second-order valence-electron chi connectivity index (χ2n) is 7.22. The zero-order valence-electron chi connectivity index (χ0n) is 16.3. The molecule has 2 fully saturated rings. The zero-order valence-corrected chi connectivity index (χ0v) is 17.9. The van der Waals surface area contributed by atoms with Crippen LogP contribution in [-0.4, -0.2) is 44.1 Å². The maximum absolute atomic E-state index is 13.4. The SMILES string of the molecule is C=CCN1C(=O)C(=Cc2c(N3CCCCC3)nc3ccc(C)cn3c2=O)SC1=S. The number of aryl methyl sites for hydroxylation is 1. The van der Waals surface area contributed by atoms with E-state index < -0.39 is 0 Å². The lowest BCUT2D eigenvalue weighted by Gasteiger charge is -2.29. The number of fused-ring (bicyclic) bond motifs is 1. The molecule has 0 atom stereocenters. The van der Waals surface area contributed by atoms with E-state index in [2.05, 4.69) is 11.5 Å². The molecule has 29 heavy (non-hydrogen) atoms. The van der Waals surface area contributed by atoms with Crippen LogP contribution in [0.25, 0.3) is 11.7 Å². The highest BCUT2D eigenvalue weighted by Gasteiger charge is 2.32. The van der Waals surface area contributed by atoms with Gasteiger partial charge < -0.3 is 4.90 Å². The lowest BCUT2D eigenvalue weighted by Crippen LogP contribution is -2.33. The molecule has 0 saturated carbocycles. The molecule has 0 N–H and O–H groups in total. The quantitative estimate of drug-likeness (QED) is 0.424. The Bertz CT molecular complexity index is 1100. The molecule has 0 radical (unpaired) electrons. The summed E-state index contributed by atoms with van der Waals surface area (Å²) >= 11 is 6.55. The van der Waals surface area contributed by atoms with Gasteiger partial charge in [0, 0.05) is 25.8 Å². The number of carbonyl (C=O) groups is 1. The van der Waals surface area contributed by atoms with Crippen LogP contribution >= 0.6 is 24.0 Å². The van der Waals surface area contributed by atoms with Crippen molar-refractivity contribution in [2.75, 3.05) is 24.5 Å². The van der Waals surface area contributed by atoms with Gasteiger partial charge in [-0.2, -0.15) is 0 Å². The molecule has 0 aromatic carbocycles. The fourth-order valence-electron chi connectivity index (χ4n) is 3.64. The smallest absolute Gasteiger partial charge is 0.267 e. The summed E-state index contributed by atoms with van der Waals surface area (Å²) < 4.78 is 2.03. The number of hydrogen-bond donors (Lipinski definition) is 0. The van der Waals surface area contributed by atoms with E-state index in [4.69, 9.17) is 17.2 Å². The number of aromatic nitrogens is 2. The van der Waals surface area contributed by atoms with Gasteiger partial charge in [-0.3, -0.25) is 18.9 Å². The highest BCUT2D eigenvalue weighted by atomic mass is 32.2. The predicted molar refractivity (Wildman–Crippen MR) is 122 cm³/mol. The summed E-state index contributed by atoms with van der Waals surface area (Å²) in [6.07, 6.45) is 8.40. The van der Waals surface area contributed by atoms with Crippen molar-refractivity contribution in [3.05, 3.63) is 57.4 Å². The second kappa shape index (κ2) is 8.12. The van der Waals surface area contributed by atoms with Crippen molar-refractivity contribution in [2.45, 2.75) is 26.2 Å². The van der Waals surface area contributed by atoms with Gasteiger partial charge in [-0.05, 0) is 43.9 Å². The third-order valence-corrected chi connectivity index (χ3v) is 6.48. The first-order valence-corrected chi connectivity index (χ1v) is 10.9. The maximum Gasteiger partial charge on any atom is 0.267 e. The van der Waals surface area contributed by atoms with Gasteiger partial charge in [0.2, 0.25) is 0 Å². The Balaban J connectivity index is 1.88. The summed E-state index contributed by atoms with van der Waals surface area (Å²) in [5.41, 5.74) is 1.84. The minimum Gasteiger partial charge on any atom is -0.356 e.